The van der Waals surface area contributed by atoms with E-state index in [1.807, 2.05) is 0 Å². The van der Waals surface area contributed by atoms with Crippen molar-refractivity contribution in [2.45, 2.75) is 13.3 Å². The molecule has 0 radical (unpaired) electrons. The molecule has 0 saturated carbocycles. The fourth-order valence-electron chi connectivity index (χ4n) is 0.950. The summed E-state index contributed by atoms with van der Waals surface area (Å²) < 4.78 is 24.7. The van der Waals surface area contributed by atoms with Crippen molar-refractivity contribution in [2.24, 2.45) is 0 Å². The van der Waals surface area contributed by atoms with Crippen LogP contribution in [0.4, 0.5) is 8.78 Å². The van der Waals surface area contributed by atoms with Crippen molar-refractivity contribution < 1.29 is 13.6 Å². The standard InChI is InChI=1S/C8H5Cl2F2NO/c1-3-4(8(11)12)2-5(7(10)14)6(9)13-3/h2,8H,1H3. The number of carbonyl (C=O) groups is 1. The van der Waals surface area contributed by atoms with Gasteiger partial charge >= 0.3 is 0 Å². The van der Waals surface area contributed by atoms with Crippen molar-refractivity contribution in [1.29, 1.82) is 0 Å². The molecular weight excluding hydrogens is 235 g/mol. The molecule has 1 heterocycles. The number of hydrogen-bond donors (Lipinski definition) is 0. The molecule has 0 aromatic carbocycles. The second-order valence-corrected chi connectivity index (χ2v) is 3.28. The lowest BCUT2D eigenvalue weighted by atomic mass is 10.1. The predicted molar refractivity (Wildman–Crippen MR) is 49.1 cm³/mol. The van der Waals surface area contributed by atoms with Crippen molar-refractivity contribution in [2.75, 3.05) is 0 Å². The maximum absolute atomic E-state index is 12.4. The zero-order valence-corrected chi connectivity index (χ0v) is 8.53. The predicted octanol–water partition coefficient (Wildman–Crippen LogP) is 3.36. The van der Waals surface area contributed by atoms with Gasteiger partial charge in [-0.2, -0.15) is 0 Å². The third-order valence-electron chi connectivity index (χ3n) is 1.65. The summed E-state index contributed by atoms with van der Waals surface area (Å²) in [5.74, 6) is 0. The largest absolute Gasteiger partial charge is 0.275 e. The molecule has 0 atom stereocenters. The van der Waals surface area contributed by atoms with E-state index in [2.05, 4.69) is 4.98 Å². The number of rotatable bonds is 2. The number of halogens is 4. The van der Waals surface area contributed by atoms with E-state index in [-0.39, 0.29) is 22.0 Å². The highest BCUT2D eigenvalue weighted by Crippen LogP contribution is 2.26. The van der Waals surface area contributed by atoms with Gasteiger partial charge < -0.3 is 0 Å². The van der Waals surface area contributed by atoms with Crippen molar-refractivity contribution in [1.82, 2.24) is 4.98 Å². The molecule has 6 heteroatoms. The van der Waals surface area contributed by atoms with Crippen LogP contribution in [0.25, 0.3) is 0 Å². The molecule has 2 nitrogen and oxygen atoms in total. The van der Waals surface area contributed by atoms with Crippen LogP contribution in [0, 0.1) is 6.92 Å². The average molecular weight is 240 g/mol. The second-order valence-electron chi connectivity index (χ2n) is 2.58. The van der Waals surface area contributed by atoms with Gasteiger partial charge in [-0.3, -0.25) is 4.79 Å². The Labute approximate surface area is 88.8 Å². The summed E-state index contributed by atoms with van der Waals surface area (Å²) in [4.78, 5) is 14.3. The van der Waals surface area contributed by atoms with Crippen LogP contribution in [0.15, 0.2) is 6.07 Å². The van der Waals surface area contributed by atoms with Crippen LogP contribution < -0.4 is 0 Å². The van der Waals surface area contributed by atoms with E-state index < -0.39 is 11.7 Å². The van der Waals surface area contributed by atoms with Gasteiger partial charge in [-0.05, 0) is 24.6 Å². The van der Waals surface area contributed by atoms with E-state index in [0.717, 1.165) is 6.07 Å². The summed E-state index contributed by atoms with van der Waals surface area (Å²) >= 11 is 10.7. The van der Waals surface area contributed by atoms with Crippen molar-refractivity contribution >= 4 is 28.4 Å². The summed E-state index contributed by atoms with van der Waals surface area (Å²) in [6.07, 6.45) is -2.70. The molecule has 1 aromatic heterocycles. The molecular formula is C8H5Cl2F2NO. The summed E-state index contributed by atoms with van der Waals surface area (Å²) in [5.41, 5.74) is -0.445. The van der Waals surface area contributed by atoms with E-state index in [0.29, 0.717) is 0 Å². The normalized spacial score (nSPS) is 10.7. The van der Waals surface area contributed by atoms with Gasteiger partial charge in [-0.1, -0.05) is 11.6 Å². The number of nitrogens with zero attached hydrogens (tertiary/aromatic N) is 1. The zero-order valence-electron chi connectivity index (χ0n) is 7.02. The van der Waals surface area contributed by atoms with E-state index in [1.165, 1.54) is 6.92 Å². The Morgan fingerprint density at radius 3 is 2.57 bits per heavy atom. The van der Waals surface area contributed by atoms with Gasteiger partial charge in [0.05, 0.1) is 5.56 Å². The fraction of sp³-hybridized carbons (Fsp3) is 0.250. The highest BCUT2D eigenvalue weighted by Gasteiger charge is 2.17. The molecule has 0 aliphatic rings. The van der Waals surface area contributed by atoms with Crippen molar-refractivity contribution in [3.8, 4) is 0 Å². The van der Waals surface area contributed by atoms with Gasteiger partial charge in [0, 0.05) is 11.3 Å². The molecule has 0 saturated heterocycles. The Hall–Kier alpha value is -0.740. The Morgan fingerprint density at radius 1 is 1.57 bits per heavy atom. The van der Waals surface area contributed by atoms with Crippen LogP contribution in [0.1, 0.15) is 28.0 Å². The number of pyridine rings is 1. The van der Waals surface area contributed by atoms with E-state index >= 15 is 0 Å². The van der Waals surface area contributed by atoms with Crippen LogP contribution in [-0.2, 0) is 0 Å². The molecule has 0 aliphatic heterocycles. The Kier molecular flexibility index (Phi) is 3.39. The number of carbonyl (C=O) groups excluding carboxylic acids is 1. The highest BCUT2D eigenvalue weighted by atomic mass is 35.5. The minimum absolute atomic E-state index is 0.0895. The Bertz CT molecular complexity index is 382. The molecule has 0 fully saturated rings. The SMILES string of the molecule is Cc1nc(Cl)c(C(=O)Cl)cc1C(F)F. The van der Waals surface area contributed by atoms with Gasteiger partial charge in [0.15, 0.2) is 0 Å². The average Bonchev–Trinajstić information content (AvgIpc) is 2.02. The topological polar surface area (TPSA) is 30.0 Å². The van der Waals surface area contributed by atoms with Crippen LogP contribution in [0.5, 0.6) is 0 Å². The number of hydrogen-bond acceptors (Lipinski definition) is 2. The van der Waals surface area contributed by atoms with Crippen molar-refractivity contribution in [3.05, 3.63) is 28.0 Å². The molecule has 14 heavy (non-hydrogen) atoms. The molecule has 0 spiro atoms. The first-order chi connectivity index (χ1) is 6.43. The third kappa shape index (κ3) is 2.19. The molecule has 1 aromatic rings. The summed E-state index contributed by atoms with van der Waals surface area (Å²) in [6.45, 7) is 1.38. The lowest BCUT2D eigenvalue weighted by molar-refractivity contribution is 0.108. The molecule has 1 rings (SSSR count). The van der Waals surface area contributed by atoms with Crippen molar-refractivity contribution in [3.63, 3.8) is 0 Å². The maximum atomic E-state index is 12.4. The maximum Gasteiger partial charge on any atom is 0.265 e. The van der Waals surface area contributed by atoms with Crippen LogP contribution in [-0.4, -0.2) is 10.2 Å². The Balaban J connectivity index is 3.34. The van der Waals surface area contributed by atoms with Crippen LogP contribution >= 0.6 is 23.2 Å². The van der Waals surface area contributed by atoms with E-state index in [4.69, 9.17) is 23.2 Å². The smallest absolute Gasteiger partial charge is 0.265 e. The lowest BCUT2D eigenvalue weighted by Gasteiger charge is -2.06. The first-order valence-corrected chi connectivity index (χ1v) is 4.34. The molecule has 0 unspecified atom stereocenters. The monoisotopic (exact) mass is 239 g/mol. The molecule has 0 aliphatic carbocycles. The van der Waals surface area contributed by atoms with Gasteiger partial charge in [-0.15, -0.1) is 0 Å². The summed E-state index contributed by atoms with van der Waals surface area (Å²) in [6, 6.07) is 0.963. The van der Waals surface area contributed by atoms with E-state index in [1.54, 1.807) is 0 Å². The molecule has 0 N–H and O–H groups in total. The minimum atomic E-state index is -2.70. The summed E-state index contributed by atoms with van der Waals surface area (Å²) in [7, 11) is 0. The number of aromatic nitrogens is 1. The second kappa shape index (κ2) is 4.19. The third-order valence-corrected chi connectivity index (χ3v) is 2.14. The van der Waals surface area contributed by atoms with Crippen LogP contribution in [0.3, 0.4) is 0 Å². The minimum Gasteiger partial charge on any atom is -0.275 e. The van der Waals surface area contributed by atoms with E-state index in [9.17, 15) is 13.6 Å². The number of alkyl halides is 2. The molecule has 0 amide bonds. The molecule has 76 valence electrons. The highest BCUT2D eigenvalue weighted by molar-refractivity contribution is 6.68. The first kappa shape index (κ1) is 11.3. The Morgan fingerprint density at radius 2 is 2.14 bits per heavy atom. The fourth-order valence-corrected chi connectivity index (χ4v) is 1.41. The first-order valence-electron chi connectivity index (χ1n) is 3.58. The summed E-state index contributed by atoms with van der Waals surface area (Å²) in [5, 5.41) is -1.06. The zero-order chi connectivity index (χ0) is 10.9. The van der Waals surface area contributed by atoms with Gasteiger partial charge in [0.2, 0.25) is 0 Å². The van der Waals surface area contributed by atoms with Gasteiger partial charge in [0.1, 0.15) is 5.15 Å². The number of aryl methyl sites for hydroxylation is 1. The van der Waals surface area contributed by atoms with Gasteiger partial charge in [0.25, 0.3) is 11.7 Å². The molecule has 0 bridgehead atoms. The van der Waals surface area contributed by atoms with Crippen LogP contribution in [0.2, 0.25) is 5.15 Å². The quantitative estimate of drug-likeness (QED) is 0.586. The lowest BCUT2D eigenvalue weighted by Crippen LogP contribution is -2.00. The van der Waals surface area contributed by atoms with Gasteiger partial charge in [-0.25, -0.2) is 13.8 Å².